The molecule has 0 saturated heterocycles. The van der Waals surface area contributed by atoms with E-state index < -0.39 is 0 Å². The van der Waals surface area contributed by atoms with E-state index in [1.165, 1.54) is 0 Å². The molecule has 2 heteroatoms. The quantitative estimate of drug-likeness (QED) is 0.609. The summed E-state index contributed by atoms with van der Waals surface area (Å²) in [4.78, 5) is 12.2. The largest absolute Gasteiger partial charge is 0.383 e. The monoisotopic (exact) mass is 162 g/mol. The Kier molecular flexibility index (Phi) is 2.86. The lowest BCUT2D eigenvalue weighted by molar-refractivity contribution is 0.547. The average Bonchev–Trinajstić information content (AvgIpc) is 2.05. The SMILES string of the molecule is CN(C)C=C1C=CC([C]=O)C=C1. The first-order chi connectivity index (χ1) is 5.72. The number of nitrogens with zero attached hydrogens (tertiary/aromatic N) is 1. The molecule has 0 N–H and O–H groups in total. The molecule has 1 rings (SSSR count). The number of hydrogen-bond donors (Lipinski definition) is 0. The van der Waals surface area contributed by atoms with Crippen LogP contribution in [0.25, 0.3) is 0 Å². The molecule has 0 aliphatic heterocycles. The van der Waals surface area contributed by atoms with Gasteiger partial charge in [0.15, 0.2) is 0 Å². The van der Waals surface area contributed by atoms with Crippen molar-refractivity contribution in [2.75, 3.05) is 14.1 Å². The molecule has 0 bridgehead atoms. The van der Waals surface area contributed by atoms with Gasteiger partial charge in [-0.15, -0.1) is 0 Å². The molecular formula is C10H12NO. The lowest BCUT2D eigenvalue weighted by Gasteiger charge is -2.09. The minimum absolute atomic E-state index is 0.163. The second-order valence-electron chi connectivity index (χ2n) is 2.95. The molecule has 2 nitrogen and oxygen atoms in total. The maximum absolute atomic E-state index is 10.2. The van der Waals surface area contributed by atoms with Gasteiger partial charge in [-0.05, 0) is 5.57 Å². The standard InChI is InChI=1S/C10H12NO/c1-11(2)7-9-3-5-10(8-12)6-4-9/h3-7,10H,1-2H3. The van der Waals surface area contributed by atoms with Gasteiger partial charge in [-0.1, -0.05) is 24.3 Å². The molecule has 1 radical (unpaired) electrons. The molecule has 0 unspecified atom stereocenters. The van der Waals surface area contributed by atoms with Gasteiger partial charge in [0.1, 0.15) is 0 Å². The predicted octanol–water partition coefficient (Wildman–Crippen LogP) is 1.28. The van der Waals surface area contributed by atoms with Gasteiger partial charge >= 0.3 is 0 Å². The van der Waals surface area contributed by atoms with E-state index in [0.29, 0.717) is 0 Å². The minimum Gasteiger partial charge on any atom is -0.383 e. The van der Waals surface area contributed by atoms with Crippen LogP contribution in [0.4, 0.5) is 0 Å². The highest BCUT2D eigenvalue weighted by molar-refractivity contribution is 5.62. The van der Waals surface area contributed by atoms with Crippen LogP contribution in [0, 0.1) is 5.92 Å². The van der Waals surface area contributed by atoms with Crippen LogP contribution in [0.2, 0.25) is 0 Å². The molecule has 0 atom stereocenters. The number of carbonyl (C=O) groups excluding carboxylic acids is 1. The number of hydrogen-bond acceptors (Lipinski definition) is 2. The fourth-order valence-corrected chi connectivity index (χ4v) is 1.01. The van der Waals surface area contributed by atoms with Gasteiger partial charge in [0.25, 0.3) is 0 Å². The summed E-state index contributed by atoms with van der Waals surface area (Å²) in [6, 6.07) is 0. The van der Waals surface area contributed by atoms with Gasteiger partial charge in [0.05, 0.1) is 5.92 Å². The molecule has 0 aromatic heterocycles. The topological polar surface area (TPSA) is 20.3 Å². The van der Waals surface area contributed by atoms with Gasteiger partial charge in [0.2, 0.25) is 6.29 Å². The van der Waals surface area contributed by atoms with E-state index in [-0.39, 0.29) is 5.92 Å². The van der Waals surface area contributed by atoms with Gasteiger partial charge in [0, 0.05) is 20.3 Å². The first-order valence-electron chi connectivity index (χ1n) is 3.84. The van der Waals surface area contributed by atoms with E-state index in [2.05, 4.69) is 0 Å². The molecular weight excluding hydrogens is 150 g/mol. The van der Waals surface area contributed by atoms with Crippen molar-refractivity contribution in [3.8, 4) is 0 Å². The third-order valence-corrected chi connectivity index (χ3v) is 1.54. The molecule has 63 valence electrons. The second kappa shape index (κ2) is 3.90. The van der Waals surface area contributed by atoms with E-state index >= 15 is 0 Å². The third kappa shape index (κ3) is 2.38. The van der Waals surface area contributed by atoms with Crippen LogP contribution < -0.4 is 0 Å². The van der Waals surface area contributed by atoms with Crippen LogP contribution in [0.15, 0.2) is 36.1 Å². The van der Waals surface area contributed by atoms with E-state index in [1.807, 2.05) is 55.8 Å². The van der Waals surface area contributed by atoms with Crippen molar-refractivity contribution >= 4 is 6.29 Å². The summed E-state index contributed by atoms with van der Waals surface area (Å²) >= 11 is 0. The summed E-state index contributed by atoms with van der Waals surface area (Å²) in [6.45, 7) is 0. The van der Waals surface area contributed by atoms with Gasteiger partial charge < -0.3 is 4.90 Å². The van der Waals surface area contributed by atoms with Gasteiger partial charge in [-0.3, -0.25) is 4.79 Å². The zero-order valence-corrected chi connectivity index (χ0v) is 7.32. The van der Waals surface area contributed by atoms with Crippen molar-refractivity contribution < 1.29 is 4.79 Å². The van der Waals surface area contributed by atoms with Crippen molar-refractivity contribution in [1.82, 2.24) is 4.90 Å². The van der Waals surface area contributed by atoms with E-state index in [4.69, 9.17) is 0 Å². The van der Waals surface area contributed by atoms with Crippen molar-refractivity contribution in [3.05, 3.63) is 36.1 Å². The van der Waals surface area contributed by atoms with Crippen LogP contribution in [0.3, 0.4) is 0 Å². The Morgan fingerprint density at radius 3 is 2.42 bits per heavy atom. The highest BCUT2D eigenvalue weighted by atomic mass is 16.1. The molecule has 0 heterocycles. The molecule has 0 aromatic rings. The van der Waals surface area contributed by atoms with Crippen molar-refractivity contribution in [1.29, 1.82) is 0 Å². The molecule has 0 spiro atoms. The predicted molar refractivity (Wildman–Crippen MR) is 49.2 cm³/mol. The van der Waals surface area contributed by atoms with E-state index in [1.54, 1.807) is 0 Å². The lowest BCUT2D eigenvalue weighted by Crippen LogP contribution is -2.03. The Morgan fingerprint density at radius 1 is 1.42 bits per heavy atom. The summed E-state index contributed by atoms with van der Waals surface area (Å²) in [5.74, 6) is -0.163. The number of allylic oxidation sites excluding steroid dienone is 5. The van der Waals surface area contributed by atoms with Crippen molar-refractivity contribution in [3.63, 3.8) is 0 Å². The number of rotatable bonds is 2. The Hall–Kier alpha value is -1.31. The van der Waals surface area contributed by atoms with Gasteiger partial charge in [-0.25, -0.2) is 0 Å². The fraction of sp³-hybridized carbons (Fsp3) is 0.300. The first kappa shape index (κ1) is 8.78. The first-order valence-corrected chi connectivity index (χ1v) is 3.84. The van der Waals surface area contributed by atoms with Gasteiger partial charge in [-0.2, -0.15) is 0 Å². The highest BCUT2D eigenvalue weighted by Crippen LogP contribution is 2.11. The Morgan fingerprint density at radius 2 is 2.00 bits per heavy atom. The lowest BCUT2D eigenvalue weighted by atomic mass is 10.0. The molecule has 12 heavy (non-hydrogen) atoms. The van der Waals surface area contributed by atoms with Crippen LogP contribution in [-0.4, -0.2) is 25.3 Å². The summed E-state index contributed by atoms with van der Waals surface area (Å²) in [7, 11) is 3.93. The Labute approximate surface area is 72.9 Å². The zero-order valence-electron chi connectivity index (χ0n) is 7.32. The summed E-state index contributed by atoms with van der Waals surface area (Å²) in [6.07, 6.45) is 11.4. The van der Waals surface area contributed by atoms with Crippen LogP contribution in [0.1, 0.15) is 0 Å². The molecule has 1 aliphatic rings. The highest BCUT2D eigenvalue weighted by Gasteiger charge is 2.02. The summed E-state index contributed by atoms with van der Waals surface area (Å²) < 4.78 is 0. The maximum Gasteiger partial charge on any atom is 0.209 e. The fourth-order valence-electron chi connectivity index (χ4n) is 1.01. The summed E-state index contributed by atoms with van der Waals surface area (Å²) in [5, 5.41) is 0. The average molecular weight is 162 g/mol. The summed E-state index contributed by atoms with van der Waals surface area (Å²) in [5.41, 5.74) is 1.10. The minimum atomic E-state index is -0.163. The maximum atomic E-state index is 10.2. The molecule has 1 aliphatic carbocycles. The molecule has 0 saturated carbocycles. The van der Waals surface area contributed by atoms with Crippen LogP contribution >= 0.6 is 0 Å². The van der Waals surface area contributed by atoms with Crippen molar-refractivity contribution in [2.45, 2.75) is 0 Å². The second-order valence-corrected chi connectivity index (χ2v) is 2.95. The zero-order chi connectivity index (χ0) is 8.97. The Bertz CT molecular complexity index is 233. The van der Waals surface area contributed by atoms with E-state index in [9.17, 15) is 4.79 Å². The third-order valence-electron chi connectivity index (χ3n) is 1.54. The molecule has 0 amide bonds. The normalized spacial score (nSPS) is 20.8. The van der Waals surface area contributed by atoms with E-state index in [0.717, 1.165) is 5.57 Å². The molecule has 0 aromatic carbocycles. The Balaban J connectivity index is 2.66. The smallest absolute Gasteiger partial charge is 0.209 e. The molecule has 0 fully saturated rings. The van der Waals surface area contributed by atoms with Crippen LogP contribution in [0.5, 0.6) is 0 Å². The van der Waals surface area contributed by atoms with Crippen molar-refractivity contribution in [2.24, 2.45) is 5.92 Å². The van der Waals surface area contributed by atoms with Crippen LogP contribution in [-0.2, 0) is 4.79 Å².